The van der Waals surface area contributed by atoms with Crippen molar-refractivity contribution in [2.75, 3.05) is 5.32 Å². The maximum atomic E-state index is 9.22. The maximum absolute atomic E-state index is 9.22. The fourth-order valence-electron chi connectivity index (χ4n) is 1.73. The van der Waals surface area contributed by atoms with Gasteiger partial charge in [-0.1, -0.05) is 11.6 Å². The first-order chi connectivity index (χ1) is 9.70. The van der Waals surface area contributed by atoms with E-state index in [4.69, 9.17) is 11.6 Å². The molecule has 0 radical (unpaired) electrons. The minimum absolute atomic E-state index is 0.215. The van der Waals surface area contributed by atoms with Crippen LogP contribution in [-0.4, -0.2) is 20.3 Å². The molecule has 20 heavy (non-hydrogen) atoms. The summed E-state index contributed by atoms with van der Waals surface area (Å²) < 4.78 is 0. The average molecular weight is 287 g/mol. The van der Waals surface area contributed by atoms with Gasteiger partial charge in [0.25, 0.3) is 0 Å². The van der Waals surface area contributed by atoms with E-state index in [0.717, 1.165) is 11.3 Å². The van der Waals surface area contributed by atoms with E-state index in [1.54, 1.807) is 36.4 Å². The van der Waals surface area contributed by atoms with Crippen LogP contribution >= 0.6 is 11.6 Å². The standard InChI is InChI=1S/C14H11ClN4O/c15-10-3-1-9(2-4-10)13-17-14(19-18-13)16-11-5-7-12(20)8-6-11/h1-8,20H,(H2,16,17,18,19). The van der Waals surface area contributed by atoms with E-state index in [1.165, 1.54) is 0 Å². The van der Waals surface area contributed by atoms with Crippen LogP contribution in [0.1, 0.15) is 0 Å². The molecule has 0 aliphatic carbocycles. The van der Waals surface area contributed by atoms with E-state index >= 15 is 0 Å². The average Bonchev–Trinajstić information content (AvgIpc) is 2.91. The number of nitrogens with zero attached hydrogens (tertiary/aromatic N) is 2. The molecule has 0 spiro atoms. The summed E-state index contributed by atoms with van der Waals surface area (Å²) in [5, 5.41) is 19.9. The van der Waals surface area contributed by atoms with Gasteiger partial charge in [-0.05, 0) is 48.5 Å². The van der Waals surface area contributed by atoms with Gasteiger partial charge < -0.3 is 10.4 Å². The maximum Gasteiger partial charge on any atom is 0.246 e. The Kier molecular flexibility index (Phi) is 3.26. The first-order valence-corrected chi connectivity index (χ1v) is 6.33. The zero-order valence-electron chi connectivity index (χ0n) is 10.3. The number of aromatic nitrogens is 3. The first kappa shape index (κ1) is 12.5. The van der Waals surface area contributed by atoms with E-state index in [9.17, 15) is 5.11 Å². The Morgan fingerprint density at radius 3 is 2.40 bits per heavy atom. The summed E-state index contributed by atoms with van der Waals surface area (Å²) in [5.41, 5.74) is 1.70. The number of hydrogen-bond donors (Lipinski definition) is 3. The molecule has 0 saturated carbocycles. The van der Waals surface area contributed by atoms with Crippen LogP contribution in [0.3, 0.4) is 0 Å². The summed E-state index contributed by atoms with van der Waals surface area (Å²) in [7, 11) is 0. The third kappa shape index (κ3) is 2.73. The summed E-state index contributed by atoms with van der Waals surface area (Å²) >= 11 is 5.85. The second-order valence-corrected chi connectivity index (χ2v) is 4.62. The molecule has 3 rings (SSSR count). The zero-order chi connectivity index (χ0) is 13.9. The summed E-state index contributed by atoms with van der Waals surface area (Å²) in [6, 6.07) is 14.0. The number of benzene rings is 2. The molecule has 0 aliphatic rings. The number of phenols is 1. The fourth-order valence-corrected chi connectivity index (χ4v) is 1.85. The monoisotopic (exact) mass is 286 g/mol. The van der Waals surface area contributed by atoms with E-state index in [2.05, 4.69) is 20.5 Å². The summed E-state index contributed by atoms with van der Waals surface area (Å²) in [5.74, 6) is 1.33. The highest BCUT2D eigenvalue weighted by Gasteiger charge is 2.05. The lowest BCUT2D eigenvalue weighted by molar-refractivity contribution is 0.475. The minimum atomic E-state index is 0.215. The lowest BCUT2D eigenvalue weighted by atomic mass is 10.2. The van der Waals surface area contributed by atoms with Crippen LogP contribution in [0.25, 0.3) is 11.4 Å². The number of aromatic amines is 1. The predicted octanol–water partition coefficient (Wildman–Crippen LogP) is 3.57. The molecule has 0 unspecified atom stereocenters. The molecule has 0 amide bonds. The molecule has 3 aromatic rings. The number of phenolic OH excluding ortho intramolecular Hbond substituents is 1. The van der Waals surface area contributed by atoms with Crippen molar-refractivity contribution < 1.29 is 5.11 Å². The van der Waals surface area contributed by atoms with Gasteiger partial charge in [0.05, 0.1) is 0 Å². The van der Waals surface area contributed by atoms with Gasteiger partial charge in [0.15, 0.2) is 5.82 Å². The Labute approximate surface area is 120 Å². The highest BCUT2D eigenvalue weighted by Crippen LogP contribution is 2.21. The van der Waals surface area contributed by atoms with Crippen LogP contribution in [0, 0.1) is 0 Å². The van der Waals surface area contributed by atoms with Gasteiger partial charge in [0.2, 0.25) is 5.95 Å². The van der Waals surface area contributed by atoms with Crippen molar-refractivity contribution in [3.05, 3.63) is 53.6 Å². The molecule has 0 fully saturated rings. The van der Waals surface area contributed by atoms with Crippen LogP contribution in [0.5, 0.6) is 5.75 Å². The van der Waals surface area contributed by atoms with Gasteiger partial charge in [0, 0.05) is 16.3 Å². The predicted molar refractivity (Wildman–Crippen MR) is 78.2 cm³/mol. The van der Waals surface area contributed by atoms with Gasteiger partial charge >= 0.3 is 0 Å². The second kappa shape index (κ2) is 5.22. The zero-order valence-corrected chi connectivity index (χ0v) is 11.1. The molecule has 0 aliphatic heterocycles. The highest BCUT2D eigenvalue weighted by atomic mass is 35.5. The van der Waals surface area contributed by atoms with E-state index in [1.807, 2.05) is 12.1 Å². The number of rotatable bonds is 3. The second-order valence-electron chi connectivity index (χ2n) is 4.19. The largest absolute Gasteiger partial charge is 0.508 e. The minimum Gasteiger partial charge on any atom is -0.508 e. The number of H-pyrrole nitrogens is 1. The SMILES string of the molecule is Oc1ccc(Nc2n[nH]c(-c3ccc(Cl)cc3)n2)cc1. The van der Waals surface area contributed by atoms with Gasteiger partial charge in [-0.3, -0.25) is 5.10 Å². The molecule has 0 bridgehead atoms. The molecule has 1 aromatic heterocycles. The smallest absolute Gasteiger partial charge is 0.246 e. The quantitative estimate of drug-likeness (QED) is 0.644. The molecular formula is C14H11ClN4O. The van der Waals surface area contributed by atoms with Crippen molar-refractivity contribution in [3.63, 3.8) is 0 Å². The van der Waals surface area contributed by atoms with Crippen molar-refractivity contribution in [2.45, 2.75) is 0 Å². The lowest BCUT2D eigenvalue weighted by Gasteiger charge is -2.00. The molecule has 6 heteroatoms. The van der Waals surface area contributed by atoms with Gasteiger partial charge in [-0.25, -0.2) is 0 Å². The lowest BCUT2D eigenvalue weighted by Crippen LogP contribution is -1.91. The number of aromatic hydroxyl groups is 1. The van der Waals surface area contributed by atoms with Crippen LogP contribution < -0.4 is 5.32 Å². The Balaban J connectivity index is 1.80. The van der Waals surface area contributed by atoms with Crippen molar-refractivity contribution in [3.8, 4) is 17.1 Å². The fraction of sp³-hybridized carbons (Fsp3) is 0. The van der Waals surface area contributed by atoms with Crippen molar-refractivity contribution in [1.29, 1.82) is 0 Å². The Morgan fingerprint density at radius 2 is 1.70 bits per heavy atom. The van der Waals surface area contributed by atoms with Crippen LogP contribution in [0.15, 0.2) is 48.5 Å². The summed E-state index contributed by atoms with van der Waals surface area (Å²) in [4.78, 5) is 4.34. The summed E-state index contributed by atoms with van der Waals surface area (Å²) in [6.45, 7) is 0. The Morgan fingerprint density at radius 1 is 1.00 bits per heavy atom. The topological polar surface area (TPSA) is 73.8 Å². The highest BCUT2D eigenvalue weighted by molar-refractivity contribution is 6.30. The molecule has 100 valence electrons. The number of hydrogen-bond acceptors (Lipinski definition) is 4. The first-order valence-electron chi connectivity index (χ1n) is 5.95. The molecule has 0 atom stereocenters. The van der Waals surface area contributed by atoms with E-state index in [-0.39, 0.29) is 5.75 Å². The molecule has 2 aromatic carbocycles. The molecule has 5 nitrogen and oxygen atoms in total. The van der Waals surface area contributed by atoms with Crippen molar-refractivity contribution >= 4 is 23.2 Å². The van der Waals surface area contributed by atoms with Crippen molar-refractivity contribution in [2.24, 2.45) is 0 Å². The normalized spacial score (nSPS) is 10.4. The van der Waals surface area contributed by atoms with Crippen LogP contribution in [-0.2, 0) is 0 Å². The molecular weight excluding hydrogens is 276 g/mol. The molecule has 3 N–H and O–H groups in total. The molecule has 1 heterocycles. The van der Waals surface area contributed by atoms with Crippen LogP contribution in [0.2, 0.25) is 5.02 Å². The Bertz CT molecular complexity index is 707. The van der Waals surface area contributed by atoms with Crippen molar-refractivity contribution in [1.82, 2.24) is 15.2 Å². The van der Waals surface area contributed by atoms with Crippen LogP contribution in [0.4, 0.5) is 11.6 Å². The molecule has 0 saturated heterocycles. The van der Waals surface area contributed by atoms with E-state index in [0.29, 0.717) is 16.8 Å². The van der Waals surface area contributed by atoms with E-state index < -0.39 is 0 Å². The number of nitrogens with one attached hydrogen (secondary N) is 2. The number of halogens is 1. The third-order valence-corrected chi connectivity index (χ3v) is 2.98. The van der Waals surface area contributed by atoms with Gasteiger partial charge in [-0.2, -0.15) is 4.98 Å². The van der Waals surface area contributed by atoms with Gasteiger partial charge in [0.1, 0.15) is 5.75 Å². The van der Waals surface area contributed by atoms with Gasteiger partial charge in [-0.15, -0.1) is 5.10 Å². The number of anilines is 2. The third-order valence-electron chi connectivity index (χ3n) is 2.73. The summed E-state index contributed by atoms with van der Waals surface area (Å²) in [6.07, 6.45) is 0. The Hall–Kier alpha value is -2.53.